The van der Waals surface area contributed by atoms with Crippen molar-refractivity contribution in [1.82, 2.24) is 0 Å². The first-order valence-electron chi connectivity index (χ1n) is 7.13. The Morgan fingerprint density at radius 2 is 1.76 bits per heavy atom. The van der Waals surface area contributed by atoms with Gasteiger partial charge in [-0.05, 0) is 47.0 Å². The van der Waals surface area contributed by atoms with E-state index in [1.807, 2.05) is 0 Å². The SMILES string of the molecule is OC1(CNc2ccc(C(F)(F)F)cc2Br)CCCCCC1. The Kier molecular flexibility index (Phi) is 5.20. The van der Waals surface area contributed by atoms with Crippen LogP contribution in [0.1, 0.15) is 44.1 Å². The fraction of sp³-hybridized carbons (Fsp3) is 0.600. The lowest BCUT2D eigenvalue weighted by Crippen LogP contribution is -2.36. The second kappa shape index (κ2) is 6.57. The third kappa shape index (κ3) is 4.61. The van der Waals surface area contributed by atoms with Crippen molar-refractivity contribution < 1.29 is 18.3 Å². The molecule has 0 radical (unpaired) electrons. The molecule has 2 N–H and O–H groups in total. The topological polar surface area (TPSA) is 32.3 Å². The zero-order valence-electron chi connectivity index (χ0n) is 11.6. The second-order valence-electron chi connectivity index (χ2n) is 5.68. The number of rotatable bonds is 3. The standard InChI is InChI=1S/C15H19BrF3NO/c16-12-9-11(15(17,18)19)5-6-13(12)20-10-14(21)7-3-1-2-4-8-14/h5-6,9,20-21H,1-4,7-8,10H2. The summed E-state index contributed by atoms with van der Waals surface area (Å²) in [5.74, 6) is 0. The summed E-state index contributed by atoms with van der Waals surface area (Å²) in [6.07, 6.45) is 1.37. The molecule has 0 aromatic heterocycles. The van der Waals surface area contributed by atoms with E-state index in [1.165, 1.54) is 6.07 Å². The van der Waals surface area contributed by atoms with Crippen molar-refractivity contribution in [1.29, 1.82) is 0 Å². The van der Waals surface area contributed by atoms with E-state index in [4.69, 9.17) is 0 Å². The fourth-order valence-electron chi connectivity index (χ4n) is 2.66. The number of alkyl halides is 3. The molecule has 0 aliphatic heterocycles. The molecule has 2 nitrogen and oxygen atoms in total. The largest absolute Gasteiger partial charge is 0.416 e. The molecule has 118 valence electrons. The summed E-state index contributed by atoms with van der Waals surface area (Å²) in [5.41, 5.74) is -0.882. The molecule has 1 fully saturated rings. The average molecular weight is 366 g/mol. The molecule has 2 rings (SSSR count). The summed E-state index contributed by atoms with van der Waals surface area (Å²) in [7, 11) is 0. The number of nitrogens with one attached hydrogen (secondary N) is 1. The quantitative estimate of drug-likeness (QED) is 0.741. The van der Waals surface area contributed by atoms with Gasteiger partial charge in [0, 0.05) is 16.7 Å². The number of hydrogen-bond donors (Lipinski definition) is 2. The van der Waals surface area contributed by atoms with Gasteiger partial charge in [0.05, 0.1) is 11.2 Å². The Hall–Kier alpha value is -0.750. The molecule has 0 bridgehead atoms. The molecule has 0 heterocycles. The fourth-order valence-corrected chi connectivity index (χ4v) is 3.18. The van der Waals surface area contributed by atoms with Crippen LogP contribution >= 0.6 is 15.9 Å². The van der Waals surface area contributed by atoms with Crippen LogP contribution in [-0.4, -0.2) is 17.3 Å². The maximum Gasteiger partial charge on any atom is 0.416 e. The smallest absolute Gasteiger partial charge is 0.388 e. The molecule has 1 aliphatic rings. The summed E-state index contributed by atoms with van der Waals surface area (Å²) in [6.45, 7) is 0.358. The van der Waals surface area contributed by atoms with Crippen molar-refractivity contribution in [2.75, 3.05) is 11.9 Å². The van der Waals surface area contributed by atoms with Crippen LogP contribution in [-0.2, 0) is 6.18 Å². The number of benzene rings is 1. The molecule has 0 atom stereocenters. The zero-order valence-corrected chi connectivity index (χ0v) is 13.2. The normalized spacial score (nSPS) is 19.1. The van der Waals surface area contributed by atoms with Crippen molar-refractivity contribution in [2.24, 2.45) is 0 Å². The first-order chi connectivity index (χ1) is 9.80. The summed E-state index contributed by atoms with van der Waals surface area (Å²) in [5, 5.41) is 13.6. The summed E-state index contributed by atoms with van der Waals surface area (Å²) in [6, 6.07) is 3.50. The van der Waals surface area contributed by atoms with Crippen LogP contribution in [0, 0.1) is 0 Å². The van der Waals surface area contributed by atoms with Gasteiger partial charge in [0.2, 0.25) is 0 Å². The lowest BCUT2D eigenvalue weighted by molar-refractivity contribution is -0.137. The van der Waals surface area contributed by atoms with Gasteiger partial charge in [-0.2, -0.15) is 13.2 Å². The van der Waals surface area contributed by atoms with Crippen molar-refractivity contribution in [3.63, 3.8) is 0 Å². The molecule has 0 amide bonds. The van der Waals surface area contributed by atoms with Crippen LogP contribution in [0.3, 0.4) is 0 Å². The van der Waals surface area contributed by atoms with Gasteiger partial charge in [-0.25, -0.2) is 0 Å². The Balaban J connectivity index is 2.03. The molecular weight excluding hydrogens is 347 g/mol. The number of hydrogen-bond acceptors (Lipinski definition) is 2. The van der Waals surface area contributed by atoms with Crippen molar-refractivity contribution in [2.45, 2.75) is 50.3 Å². The predicted octanol–water partition coefficient (Wildman–Crippen LogP) is 4.97. The molecule has 0 unspecified atom stereocenters. The van der Waals surface area contributed by atoms with Crippen LogP contribution in [0.2, 0.25) is 0 Å². The first-order valence-corrected chi connectivity index (χ1v) is 7.92. The molecule has 1 aromatic rings. The third-order valence-electron chi connectivity index (χ3n) is 3.94. The first kappa shape index (κ1) is 16.6. The van der Waals surface area contributed by atoms with E-state index in [0.717, 1.165) is 50.7 Å². The van der Waals surface area contributed by atoms with Gasteiger partial charge in [0.25, 0.3) is 0 Å². The van der Waals surface area contributed by atoms with Crippen LogP contribution in [0.15, 0.2) is 22.7 Å². The highest BCUT2D eigenvalue weighted by atomic mass is 79.9. The van der Waals surface area contributed by atoms with Gasteiger partial charge in [0.15, 0.2) is 0 Å². The highest BCUT2D eigenvalue weighted by Crippen LogP contribution is 2.34. The summed E-state index contributed by atoms with van der Waals surface area (Å²) in [4.78, 5) is 0. The Morgan fingerprint density at radius 3 is 2.29 bits per heavy atom. The van der Waals surface area contributed by atoms with E-state index in [2.05, 4.69) is 21.2 Å². The Labute approximate surface area is 130 Å². The zero-order chi connectivity index (χ0) is 15.5. The van der Waals surface area contributed by atoms with Crippen LogP contribution in [0.25, 0.3) is 0 Å². The highest BCUT2D eigenvalue weighted by molar-refractivity contribution is 9.10. The predicted molar refractivity (Wildman–Crippen MR) is 80.3 cm³/mol. The number of halogens is 4. The van der Waals surface area contributed by atoms with E-state index < -0.39 is 17.3 Å². The van der Waals surface area contributed by atoms with Crippen LogP contribution < -0.4 is 5.32 Å². The molecule has 1 aliphatic carbocycles. The monoisotopic (exact) mass is 365 g/mol. The van der Waals surface area contributed by atoms with Crippen LogP contribution in [0.5, 0.6) is 0 Å². The van der Waals surface area contributed by atoms with E-state index in [0.29, 0.717) is 16.7 Å². The van der Waals surface area contributed by atoms with Crippen molar-refractivity contribution in [3.05, 3.63) is 28.2 Å². The summed E-state index contributed by atoms with van der Waals surface area (Å²) >= 11 is 3.15. The molecule has 0 spiro atoms. The molecule has 0 saturated heterocycles. The minimum Gasteiger partial charge on any atom is -0.388 e. The third-order valence-corrected chi connectivity index (χ3v) is 4.59. The van der Waals surface area contributed by atoms with E-state index in [1.54, 1.807) is 0 Å². The summed E-state index contributed by atoms with van der Waals surface area (Å²) < 4.78 is 38.2. The second-order valence-corrected chi connectivity index (χ2v) is 6.54. The van der Waals surface area contributed by atoms with Gasteiger partial charge in [0.1, 0.15) is 0 Å². The highest BCUT2D eigenvalue weighted by Gasteiger charge is 2.31. The molecule has 1 aromatic carbocycles. The minimum absolute atomic E-state index is 0.356. The average Bonchev–Trinajstić information content (AvgIpc) is 2.61. The molecular formula is C15H19BrF3NO. The van der Waals surface area contributed by atoms with Crippen LogP contribution in [0.4, 0.5) is 18.9 Å². The Bertz CT molecular complexity index is 482. The maximum absolute atomic E-state index is 12.6. The molecule has 1 saturated carbocycles. The number of anilines is 1. The lowest BCUT2D eigenvalue weighted by atomic mass is 9.94. The molecule has 21 heavy (non-hydrogen) atoms. The van der Waals surface area contributed by atoms with E-state index in [-0.39, 0.29) is 0 Å². The van der Waals surface area contributed by atoms with Gasteiger partial charge in [-0.3, -0.25) is 0 Å². The number of aliphatic hydroxyl groups is 1. The van der Waals surface area contributed by atoms with Gasteiger partial charge in [-0.1, -0.05) is 25.7 Å². The van der Waals surface area contributed by atoms with E-state index in [9.17, 15) is 18.3 Å². The van der Waals surface area contributed by atoms with Gasteiger partial charge in [-0.15, -0.1) is 0 Å². The maximum atomic E-state index is 12.6. The Morgan fingerprint density at radius 1 is 1.14 bits per heavy atom. The van der Waals surface area contributed by atoms with E-state index >= 15 is 0 Å². The van der Waals surface area contributed by atoms with Gasteiger partial charge >= 0.3 is 6.18 Å². The minimum atomic E-state index is -4.35. The van der Waals surface area contributed by atoms with Gasteiger partial charge < -0.3 is 10.4 Å². The van der Waals surface area contributed by atoms with Crippen molar-refractivity contribution in [3.8, 4) is 0 Å². The molecule has 6 heteroatoms. The van der Waals surface area contributed by atoms with Crippen molar-refractivity contribution >= 4 is 21.6 Å². The lowest BCUT2D eigenvalue weighted by Gasteiger charge is -2.27.